The lowest BCUT2D eigenvalue weighted by atomic mass is 10.3. The number of thioether (sulfide) groups is 1. The van der Waals surface area contributed by atoms with Gasteiger partial charge < -0.3 is 15.0 Å². The maximum absolute atomic E-state index is 11.8. The summed E-state index contributed by atoms with van der Waals surface area (Å²) in [5.41, 5.74) is 0. The molecule has 0 radical (unpaired) electrons. The van der Waals surface area contributed by atoms with E-state index in [9.17, 15) is 4.79 Å². The molecule has 0 spiro atoms. The lowest BCUT2D eigenvalue weighted by molar-refractivity contribution is -0.134. The van der Waals surface area contributed by atoms with Gasteiger partial charge in [-0.2, -0.15) is 0 Å². The number of carbonyl (C=O) groups is 1. The molecule has 1 amide bonds. The maximum atomic E-state index is 11.8. The Morgan fingerprint density at radius 2 is 2.31 bits per heavy atom. The highest BCUT2D eigenvalue weighted by Gasteiger charge is 2.16. The van der Waals surface area contributed by atoms with Crippen molar-refractivity contribution in [3.63, 3.8) is 0 Å². The Bertz CT molecular complexity index is 277. The summed E-state index contributed by atoms with van der Waals surface area (Å²) in [4.78, 5) is 17.9. The number of amides is 1. The van der Waals surface area contributed by atoms with E-state index in [2.05, 4.69) is 10.3 Å². The first-order valence-electron chi connectivity index (χ1n) is 5.63. The van der Waals surface area contributed by atoms with Crippen LogP contribution in [0.15, 0.2) is 4.99 Å². The minimum absolute atomic E-state index is 0.231. The number of rotatable bonds is 3. The topological polar surface area (TPSA) is 53.9 Å². The fourth-order valence-electron chi connectivity index (χ4n) is 1.68. The van der Waals surface area contributed by atoms with Crippen molar-refractivity contribution in [3.05, 3.63) is 0 Å². The second-order valence-electron chi connectivity index (χ2n) is 3.71. The summed E-state index contributed by atoms with van der Waals surface area (Å²) in [5, 5.41) is 4.16. The molecular weight excluding hydrogens is 226 g/mol. The predicted molar refractivity (Wildman–Crippen MR) is 64.8 cm³/mol. The number of aliphatic imine (C=N–C) groups is 1. The van der Waals surface area contributed by atoms with E-state index < -0.39 is 0 Å². The van der Waals surface area contributed by atoms with Crippen LogP contribution < -0.4 is 5.32 Å². The normalized spacial score (nSPS) is 20.5. The summed E-state index contributed by atoms with van der Waals surface area (Å²) >= 11 is 1.64. The van der Waals surface area contributed by atoms with Crippen LogP contribution in [-0.4, -0.2) is 61.1 Å². The molecule has 2 aliphatic rings. The zero-order chi connectivity index (χ0) is 11.2. The van der Waals surface area contributed by atoms with E-state index in [0.717, 1.165) is 37.1 Å². The SMILES string of the molecule is O=C(CCSC1=NCCN1)N1CCOCC1. The van der Waals surface area contributed by atoms with Crippen LogP contribution in [0.25, 0.3) is 0 Å². The molecule has 1 N–H and O–H groups in total. The fourth-order valence-corrected chi connectivity index (χ4v) is 2.54. The van der Waals surface area contributed by atoms with Crippen LogP contribution in [0.5, 0.6) is 0 Å². The van der Waals surface area contributed by atoms with Crippen molar-refractivity contribution in [1.29, 1.82) is 0 Å². The molecule has 0 aromatic carbocycles. The molecule has 0 unspecified atom stereocenters. The quantitative estimate of drug-likeness (QED) is 0.754. The van der Waals surface area contributed by atoms with Gasteiger partial charge in [0.2, 0.25) is 5.91 Å². The molecule has 6 heteroatoms. The third kappa shape index (κ3) is 3.38. The minimum Gasteiger partial charge on any atom is -0.378 e. The van der Waals surface area contributed by atoms with Gasteiger partial charge in [0.1, 0.15) is 0 Å². The lowest BCUT2D eigenvalue weighted by Gasteiger charge is -2.26. The van der Waals surface area contributed by atoms with Gasteiger partial charge in [0.05, 0.1) is 19.8 Å². The molecule has 2 rings (SSSR count). The van der Waals surface area contributed by atoms with Gasteiger partial charge in [-0.3, -0.25) is 9.79 Å². The number of ether oxygens (including phenoxy) is 1. The maximum Gasteiger partial charge on any atom is 0.223 e. The van der Waals surface area contributed by atoms with E-state index in [4.69, 9.17) is 4.74 Å². The lowest BCUT2D eigenvalue weighted by Crippen LogP contribution is -2.40. The molecule has 16 heavy (non-hydrogen) atoms. The van der Waals surface area contributed by atoms with Crippen LogP contribution >= 0.6 is 11.8 Å². The molecule has 0 saturated carbocycles. The van der Waals surface area contributed by atoms with Gasteiger partial charge in [-0.15, -0.1) is 0 Å². The van der Waals surface area contributed by atoms with Crippen LogP contribution in [0.3, 0.4) is 0 Å². The van der Waals surface area contributed by atoms with Crippen LogP contribution in [0.4, 0.5) is 0 Å². The van der Waals surface area contributed by atoms with Crippen LogP contribution in [-0.2, 0) is 9.53 Å². The molecular formula is C10H17N3O2S. The average molecular weight is 243 g/mol. The van der Waals surface area contributed by atoms with Gasteiger partial charge in [0, 0.05) is 31.8 Å². The molecule has 90 valence electrons. The molecule has 1 saturated heterocycles. The van der Waals surface area contributed by atoms with Gasteiger partial charge in [0.15, 0.2) is 5.17 Å². The second-order valence-corrected chi connectivity index (χ2v) is 4.79. The first kappa shape index (κ1) is 11.7. The standard InChI is InChI=1S/C10H17N3O2S/c14-9(13-4-6-15-7-5-13)1-8-16-10-11-2-3-12-10/h1-8H2,(H,11,12). The van der Waals surface area contributed by atoms with E-state index in [1.165, 1.54) is 0 Å². The smallest absolute Gasteiger partial charge is 0.223 e. The average Bonchev–Trinajstić information content (AvgIpc) is 2.83. The van der Waals surface area contributed by atoms with Crippen molar-refractivity contribution >= 4 is 22.8 Å². The van der Waals surface area contributed by atoms with Crippen molar-refractivity contribution in [1.82, 2.24) is 10.2 Å². The molecule has 2 heterocycles. The Hall–Kier alpha value is -0.750. The highest BCUT2D eigenvalue weighted by molar-refractivity contribution is 8.13. The van der Waals surface area contributed by atoms with Crippen molar-refractivity contribution < 1.29 is 9.53 Å². The van der Waals surface area contributed by atoms with Gasteiger partial charge in [-0.1, -0.05) is 11.8 Å². The molecule has 5 nitrogen and oxygen atoms in total. The van der Waals surface area contributed by atoms with Crippen LogP contribution in [0.1, 0.15) is 6.42 Å². The first-order chi connectivity index (χ1) is 7.86. The van der Waals surface area contributed by atoms with Crippen molar-refractivity contribution in [2.24, 2.45) is 4.99 Å². The highest BCUT2D eigenvalue weighted by atomic mass is 32.2. The van der Waals surface area contributed by atoms with Crippen LogP contribution in [0.2, 0.25) is 0 Å². The van der Waals surface area contributed by atoms with E-state index >= 15 is 0 Å². The van der Waals surface area contributed by atoms with Crippen molar-refractivity contribution in [3.8, 4) is 0 Å². The number of morpholine rings is 1. The first-order valence-corrected chi connectivity index (χ1v) is 6.61. The molecule has 0 aromatic heterocycles. The van der Waals surface area contributed by atoms with E-state index in [1.54, 1.807) is 11.8 Å². The Balaban J connectivity index is 1.63. The van der Waals surface area contributed by atoms with Gasteiger partial charge in [0.25, 0.3) is 0 Å². The summed E-state index contributed by atoms with van der Waals surface area (Å²) in [6.07, 6.45) is 0.589. The molecule has 0 aliphatic carbocycles. The predicted octanol–water partition coefficient (Wildman–Crippen LogP) is -0.0723. The molecule has 0 bridgehead atoms. The molecule has 0 atom stereocenters. The number of nitrogens with zero attached hydrogens (tertiary/aromatic N) is 2. The Kier molecular flexibility index (Phi) is 4.47. The van der Waals surface area contributed by atoms with E-state index in [1.807, 2.05) is 4.90 Å². The minimum atomic E-state index is 0.231. The van der Waals surface area contributed by atoms with Crippen molar-refractivity contribution in [2.45, 2.75) is 6.42 Å². The van der Waals surface area contributed by atoms with E-state index in [-0.39, 0.29) is 5.91 Å². The monoisotopic (exact) mass is 243 g/mol. The zero-order valence-electron chi connectivity index (χ0n) is 9.28. The third-order valence-corrected chi connectivity index (χ3v) is 3.52. The van der Waals surface area contributed by atoms with E-state index in [0.29, 0.717) is 19.6 Å². The van der Waals surface area contributed by atoms with Crippen molar-refractivity contribution in [2.75, 3.05) is 45.1 Å². The summed E-state index contributed by atoms with van der Waals surface area (Å²) in [7, 11) is 0. The number of carbonyl (C=O) groups excluding carboxylic acids is 1. The Morgan fingerprint density at radius 1 is 1.50 bits per heavy atom. The zero-order valence-corrected chi connectivity index (χ0v) is 10.1. The Morgan fingerprint density at radius 3 is 3.00 bits per heavy atom. The summed E-state index contributed by atoms with van der Waals surface area (Å²) in [5.74, 6) is 1.04. The number of hydrogen-bond donors (Lipinski definition) is 1. The summed E-state index contributed by atoms with van der Waals surface area (Å²) < 4.78 is 5.21. The van der Waals surface area contributed by atoms with Crippen LogP contribution in [0, 0.1) is 0 Å². The highest BCUT2D eigenvalue weighted by Crippen LogP contribution is 2.09. The number of amidine groups is 1. The fraction of sp³-hybridized carbons (Fsp3) is 0.800. The van der Waals surface area contributed by atoms with Gasteiger partial charge in [-0.25, -0.2) is 0 Å². The largest absolute Gasteiger partial charge is 0.378 e. The Labute approximate surface area is 99.6 Å². The van der Waals surface area contributed by atoms with Gasteiger partial charge >= 0.3 is 0 Å². The molecule has 2 aliphatic heterocycles. The molecule has 0 aromatic rings. The summed E-state index contributed by atoms with van der Waals surface area (Å²) in [6.45, 7) is 4.62. The third-order valence-electron chi connectivity index (χ3n) is 2.56. The number of nitrogens with one attached hydrogen (secondary N) is 1. The van der Waals surface area contributed by atoms with Gasteiger partial charge in [-0.05, 0) is 0 Å². The number of hydrogen-bond acceptors (Lipinski definition) is 5. The molecule has 1 fully saturated rings. The second kappa shape index (κ2) is 6.10. The summed E-state index contributed by atoms with van der Waals surface area (Å²) in [6, 6.07) is 0.